The number of rotatable bonds is 4. The average Bonchev–Trinajstić information content (AvgIpc) is 3.17. The van der Waals surface area contributed by atoms with Crippen LogP contribution in [0.15, 0.2) is 18.2 Å². The van der Waals surface area contributed by atoms with Crippen LogP contribution in [-0.4, -0.2) is 48.4 Å². The number of hydrogen-bond acceptors (Lipinski definition) is 5. The summed E-state index contributed by atoms with van der Waals surface area (Å²) in [7, 11) is 0. The fourth-order valence-electron chi connectivity index (χ4n) is 4.20. The molecule has 0 spiro atoms. The van der Waals surface area contributed by atoms with Crippen LogP contribution in [0, 0.1) is 0 Å². The molecular weight excluding hydrogens is 320 g/mol. The summed E-state index contributed by atoms with van der Waals surface area (Å²) >= 11 is 0. The van der Waals surface area contributed by atoms with Crippen molar-refractivity contribution in [3.63, 3.8) is 0 Å². The fraction of sp³-hybridized carbons (Fsp3) is 0.632. The minimum absolute atomic E-state index is 0.0928. The maximum absolute atomic E-state index is 12.2. The van der Waals surface area contributed by atoms with E-state index < -0.39 is 0 Å². The molecule has 3 aliphatic heterocycles. The van der Waals surface area contributed by atoms with Gasteiger partial charge in [-0.1, -0.05) is 6.07 Å². The summed E-state index contributed by atoms with van der Waals surface area (Å²) in [6.45, 7) is 2.21. The lowest BCUT2D eigenvalue weighted by Gasteiger charge is -2.35. The van der Waals surface area contributed by atoms with Gasteiger partial charge in [0.25, 0.3) is 0 Å². The minimum Gasteiger partial charge on any atom is -0.454 e. The Morgan fingerprint density at radius 3 is 2.88 bits per heavy atom. The third kappa shape index (κ3) is 3.09. The third-order valence-electron chi connectivity index (χ3n) is 5.70. The van der Waals surface area contributed by atoms with Crippen molar-refractivity contribution in [3.8, 4) is 11.5 Å². The van der Waals surface area contributed by atoms with Gasteiger partial charge in [0.1, 0.15) is 6.10 Å². The Balaban J connectivity index is 1.20. The Hall–Kier alpha value is -1.79. The lowest BCUT2D eigenvalue weighted by atomic mass is 9.98. The molecule has 1 aliphatic carbocycles. The summed E-state index contributed by atoms with van der Waals surface area (Å²) in [6.07, 6.45) is 5.00. The van der Waals surface area contributed by atoms with Gasteiger partial charge in [0, 0.05) is 25.2 Å². The zero-order chi connectivity index (χ0) is 16.8. The fourth-order valence-corrected chi connectivity index (χ4v) is 4.20. The van der Waals surface area contributed by atoms with Crippen LogP contribution < -0.4 is 14.8 Å². The molecule has 3 atom stereocenters. The maximum atomic E-state index is 12.2. The van der Waals surface area contributed by atoms with Gasteiger partial charge in [0.2, 0.25) is 12.7 Å². The molecule has 3 heterocycles. The molecule has 0 unspecified atom stereocenters. The van der Waals surface area contributed by atoms with Crippen LogP contribution in [0.25, 0.3) is 0 Å². The predicted molar refractivity (Wildman–Crippen MR) is 90.4 cm³/mol. The summed E-state index contributed by atoms with van der Waals surface area (Å²) in [5.41, 5.74) is 1.23. The monoisotopic (exact) mass is 344 g/mol. The standard InChI is InChI=1S/C19H24N2O4/c22-19(20-13-2-3-13)17-6-4-14-15(25-17)7-8-21(14)10-12-1-5-16-18(9-12)24-11-23-16/h1,5,9,13-15,17H,2-4,6-8,10-11H2,(H,20,22)/t14-,15-,17-/m0/s1. The number of likely N-dealkylation sites (tertiary alicyclic amines) is 1. The van der Waals surface area contributed by atoms with Crippen molar-refractivity contribution < 1.29 is 19.0 Å². The van der Waals surface area contributed by atoms with Crippen molar-refractivity contribution in [2.24, 2.45) is 0 Å². The molecule has 1 saturated carbocycles. The normalized spacial score (nSPS) is 31.0. The molecule has 6 heteroatoms. The van der Waals surface area contributed by atoms with E-state index in [0.717, 1.165) is 56.7 Å². The second-order valence-corrected chi connectivity index (χ2v) is 7.54. The Labute approximate surface area is 147 Å². The van der Waals surface area contributed by atoms with Crippen LogP contribution in [0.5, 0.6) is 11.5 Å². The van der Waals surface area contributed by atoms with Gasteiger partial charge in [0.15, 0.2) is 11.5 Å². The smallest absolute Gasteiger partial charge is 0.249 e. The average molecular weight is 344 g/mol. The number of amides is 1. The molecular formula is C19H24N2O4. The number of hydrogen-bond donors (Lipinski definition) is 1. The highest BCUT2D eigenvalue weighted by molar-refractivity contribution is 5.81. The van der Waals surface area contributed by atoms with E-state index in [2.05, 4.69) is 22.3 Å². The number of carbonyl (C=O) groups is 1. The summed E-state index contributed by atoms with van der Waals surface area (Å²) in [4.78, 5) is 14.7. The minimum atomic E-state index is -0.257. The van der Waals surface area contributed by atoms with Gasteiger partial charge in [-0.15, -0.1) is 0 Å². The van der Waals surface area contributed by atoms with Crippen LogP contribution in [0.3, 0.4) is 0 Å². The Morgan fingerprint density at radius 1 is 1.12 bits per heavy atom. The molecule has 4 aliphatic rings. The van der Waals surface area contributed by atoms with E-state index in [1.807, 2.05) is 6.07 Å². The van der Waals surface area contributed by atoms with Crippen molar-refractivity contribution in [2.75, 3.05) is 13.3 Å². The molecule has 25 heavy (non-hydrogen) atoms. The van der Waals surface area contributed by atoms with E-state index in [9.17, 15) is 4.79 Å². The van der Waals surface area contributed by atoms with E-state index in [4.69, 9.17) is 14.2 Å². The molecule has 1 N–H and O–H groups in total. The van der Waals surface area contributed by atoms with Crippen molar-refractivity contribution >= 4 is 5.91 Å². The molecule has 6 nitrogen and oxygen atoms in total. The van der Waals surface area contributed by atoms with Crippen LogP contribution in [0.4, 0.5) is 0 Å². The van der Waals surface area contributed by atoms with Gasteiger partial charge in [-0.25, -0.2) is 0 Å². The van der Waals surface area contributed by atoms with Gasteiger partial charge in [0.05, 0.1) is 6.10 Å². The van der Waals surface area contributed by atoms with Crippen molar-refractivity contribution in [1.29, 1.82) is 0 Å². The lowest BCUT2D eigenvalue weighted by Crippen LogP contribution is -2.48. The Morgan fingerprint density at radius 2 is 2.00 bits per heavy atom. The first-order valence-corrected chi connectivity index (χ1v) is 9.35. The highest BCUT2D eigenvalue weighted by atomic mass is 16.7. The Bertz CT molecular complexity index is 675. The number of carbonyl (C=O) groups excluding carboxylic acids is 1. The summed E-state index contributed by atoms with van der Waals surface area (Å²) in [6, 6.07) is 6.98. The predicted octanol–water partition coefficient (Wildman–Crippen LogP) is 1.82. The highest BCUT2D eigenvalue weighted by Gasteiger charge is 2.42. The van der Waals surface area contributed by atoms with Crippen LogP contribution >= 0.6 is 0 Å². The lowest BCUT2D eigenvalue weighted by molar-refractivity contribution is -0.144. The van der Waals surface area contributed by atoms with Crippen molar-refractivity contribution in [3.05, 3.63) is 23.8 Å². The zero-order valence-electron chi connectivity index (χ0n) is 14.3. The van der Waals surface area contributed by atoms with Crippen LogP contribution in [-0.2, 0) is 16.1 Å². The first-order chi connectivity index (χ1) is 12.3. The van der Waals surface area contributed by atoms with E-state index in [0.29, 0.717) is 18.9 Å². The van der Waals surface area contributed by atoms with E-state index in [1.54, 1.807) is 0 Å². The maximum Gasteiger partial charge on any atom is 0.249 e. The van der Waals surface area contributed by atoms with Crippen molar-refractivity contribution in [1.82, 2.24) is 10.2 Å². The number of ether oxygens (including phenoxy) is 3. The van der Waals surface area contributed by atoms with Crippen LogP contribution in [0.2, 0.25) is 0 Å². The number of nitrogens with one attached hydrogen (secondary N) is 1. The van der Waals surface area contributed by atoms with E-state index >= 15 is 0 Å². The molecule has 1 aromatic rings. The summed E-state index contributed by atoms with van der Waals surface area (Å²) in [5, 5.41) is 3.08. The quantitative estimate of drug-likeness (QED) is 0.903. The Kier molecular flexibility index (Phi) is 3.82. The third-order valence-corrected chi connectivity index (χ3v) is 5.70. The molecule has 5 rings (SSSR count). The first kappa shape index (κ1) is 15.5. The van der Waals surface area contributed by atoms with Gasteiger partial charge >= 0.3 is 0 Å². The number of nitrogens with zero attached hydrogens (tertiary/aromatic N) is 1. The largest absolute Gasteiger partial charge is 0.454 e. The molecule has 0 radical (unpaired) electrons. The zero-order valence-corrected chi connectivity index (χ0v) is 14.3. The van der Waals surface area contributed by atoms with Gasteiger partial charge in [-0.2, -0.15) is 0 Å². The SMILES string of the molecule is O=C(NC1CC1)[C@@H]1CC[C@H]2[C@H](CCN2Cc2ccc3c(c2)OCO3)O1. The summed E-state index contributed by atoms with van der Waals surface area (Å²) in [5.74, 6) is 1.76. The molecule has 1 amide bonds. The topological polar surface area (TPSA) is 60.0 Å². The second-order valence-electron chi connectivity index (χ2n) is 7.54. The first-order valence-electron chi connectivity index (χ1n) is 9.35. The number of benzene rings is 1. The van der Waals surface area contributed by atoms with Crippen LogP contribution in [0.1, 0.15) is 37.7 Å². The van der Waals surface area contributed by atoms with Gasteiger partial charge < -0.3 is 19.5 Å². The van der Waals surface area contributed by atoms with Gasteiger partial charge in [-0.3, -0.25) is 9.69 Å². The second kappa shape index (κ2) is 6.18. The summed E-state index contributed by atoms with van der Waals surface area (Å²) < 4.78 is 17.0. The highest BCUT2D eigenvalue weighted by Crippen LogP contribution is 2.36. The molecule has 3 fully saturated rings. The van der Waals surface area contributed by atoms with E-state index in [1.165, 1.54) is 5.56 Å². The van der Waals surface area contributed by atoms with Gasteiger partial charge in [-0.05, 0) is 49.8 Å². The molecule has 0 aromatic heterocycles. The molecule has 1 aromatic carbocycles. The van der Waals surface area contributed by atoms with E-state index in [-0.39, 0.29) is 18.1 Å². The molecule has 2 saturated heterocycles. The number of fused-ring (bicyclic) bond motifs is 2. The van der Waals surface area contributed by atoms with Crippen molar-refractivity contribution in [2.45, 2.75) is 62.9 Å². The molecule has 134 valence electrons. The molecule has 0 bridgehead atoms.